The number of anilines is 1. The lowest BCUT2D eigenvalue weighted by molar-refractivity contribution is -0.137. The number of fused-ring (bicyclic) bond motifs is 1. The Morgan fingerprint density at radius 2 is 2.22 bits per heavy atom. The predicted octanol–water partition coefficient (Wildman–Crippen LogP) is 2.53. The normalized spacial score (nSPS) is 18.6. The number of carboxylic acids is 1. The molecular formula is C19H21BrN4O3. The summed E-state index contributed by atoms with van der Waals surface area (Å²) in [5.74, 6) is -0.160. The Morgan fingerprint density at radius 1 is 1.37 bits per heavy atom. The van der Waals surface area contributed by atoms with Gasteiger partial charge in [-0.3, -0.25) is 19.7 Å². The maximum absolute atomic E-state index is 11.2. The topological polar surface area (TPSA) is 98.0 Å². The first-order chi connectivity index (χ1) is 13.1. The van der Waals surface area contributed by atoms with Crippen molar-refractivity contribution >= 4 is 33.4 Å². The zero-order valence-corrected chi connectivity index (χ0v) is 16.3. The van der Waals surface area contributed by atoms with Gasteiger partial charge in [-0.1, -0.05) is 22.0 Å². The van der Waals surface area contributed by atoms with Gasteiger partial charge in [0, 0.05) is 22.9 Å². The maximum atomic E-state index is 11.2. The van der Waals surface area contributed by atoms with E-state index in [0.29, 0.717) is 18.9 Å². The van der Waals surface area contributed by atoms with Gasteiger partial charge in [-0.05, 0) is 35.9 Å². The molecule has 0 spiro atoms. The second-order valence-corrected chi connectivity index (χ2v) is 7.10. The van der Waals surface area contributed by atoms with Crippen LogP contribution in [0.1, 0.15) is 23.7 Å². The highest BCUT2D eigenvalue weighted by molar-refractivity contribution is 9.10. The van der Waals surface area contributed by atoms with Gasteiger partial charge in [0.1, 0.15) is 5.84 Å². The lowest BCUT2D eigenvalue weighted by Gasteiger charge is -2.29. The molecule has 1 unspecified atom stereocenters. The average molecular weight is 433 g/mol. The van der Waals surface area contributed by atoms with Crippen molar-refractivity contribution in [3.05, 3.63) is 58.3 Å². The number of amidine groups is 1. The van der Waals surface area contributed by atoms with Crippen LogP contribution in [-0.2, 0) is 4.79 Å². The minimum Gasteiger partial charge on any atom is -0.481 e. The Morgan fingerprint density at radius 3 is 2.93 bits per heavy atom. The van der Waals surface area contributed by atoms with E-state index < -0.39 is 5.97 Å². The summed E-state index contributed by atoms with van der Waals surface area (Å²) in [5, 5.41) is 21.7. The van der Waals surface area contributed by atoms with Crippen LogP contribution in [0, 0.1) is 0 Å². The number of aliphatic carboxylic acids is 1. The number of aliphatic hydroxyl groups is 1. The highest BCUT2D eigenvalue weighted by Crippen LogP contribution is 2.36. The molecule has 7 nitrogen and oxygen atoms in total. The number of carbonyl (C=O) groups is 1. The number of pyridine rings is 1. The summed E-state index contributed by atoms with van der Waals surface area (Å²) >= 11 is 3.53. The van der Waals surface area contributed by atoms with E-state index in [1.165, 1.54) is 0 Å². The number of hydrogen-bond donors (Lipinski definition) is 3. The number of rotatable bonds is 6. The second kappa shape index (κ2) is 9.07. The lowest BCUT2D eigenvalue weighted by atomic mass is 9.99. The van der Waals surface area contributed by atoms with E-state index in [9.17, 15) is 9.90 Å². The number of aliphatic imine (C=N–C) groups is 1. The summed E-state index contributed by atoms with van der Waals surface area (Å²) in [4.78, 5) is 22.2. The van der Waals surface area contributed by atoms with Crippen molar-refractivity contribution in [2.45, 2.75) is 12.5 Å². The van der Waals surface area contributed by atoms with Crippen molar-refractivity contribution in [3.63, 3.8) is 0 Å². The van der Waals surface area contributed by atoms with E-state index >= 15 is 0 Å². The van der Waals surface area contributed by atoms with Gasteiger partial charge < -0.3 is 15.5 Å². The number of carboxylic acid groups (broad SMARTS) is 1. The van der Waals surface area contributed by atoms with Crippen molar-refractivity contribution in [2.24, 2.45) is 4.99 Å². The van der Waals surface area contributed by atoms with Crippen molar-refractivity contribution in [1.29, 1.82) is 0 Å². The van der Waals surface area contributed by atoms with Gasteiger partial charge in [-0.2, -0.15) is 0 Å². The van der Waals surface area contributed by atoms with Crippen molar-refractivity contribution in [1.82, 2.24) is 9.88 Å². The van der Waals surface area contributed by atoms with Gasteiger partial charge in [0.05, 0.1) is 37.9 Å². The Balaban J connectivity index is 2.10. The molecule has 8 heteroatoms. The molecule has 0 radical (unpaired) electrons. The van der Waals surface area contributed by atoms with Gasteiger partial charge in [0.15, 0.2) is 0 Å². The Labute approximate surface area is 165 Å². The molecular weight excluding hydrogens is 412 g/mol. The van der Waals surface area contributed by atoms with Crippen LogP contribution in [0.25, 0.3) is 0 Å². The summed E-state index contributed by atoms with van der Waals surface area (Å²) in [6.45, 7) is 1.02. The Bertz CT molecular complexity index is 829. The molecule has 3 N–H and O–H groups in total. The number of nitrogens with zero attached hydrogens (tertiary/aromatic N) is 3. The zero-order chi connectivity index (χ0) is 19.2. The molecule has 0 saturated carbocycles. The maximum Gasteiger partial charge on any atom is 0.304 e. The van der Waals surface area contributed by atoms with E-state index in [1.54, 1.807) is 6.20 Å². The minimum atomic E-state index is -0.852. The smallest absolute Gasteiger partial charge is 0.304 e. The molecule has 1 aliphatic rings. The Kier molecular flexibility index (Phi) is 6.54. The Hall–Kier alpha value is -2.29. The highest BCUT2D eigenvalue weighted by Gasteiger charge is 2.30. The zero-order valence-electron chi connectivity index (χ0n) is 14.7. The number of benzene rings is 1. The summed E-state index contributed by atoms with van der Waals surface area (Å²) in [5.41, 5.74) is 2.72. The van der Waals surface area contributed by atoms with Gasteiger partial charge in [-0.25, -0.2) is 0 Å². The summed E-state index contributed by atoms with van der Waals surface area (Å²) < 4.78 is 0.929. The number of aromatic nitrogens is 1. The van der Waals surface area contributed by atoms with Gasteiger partial charge in [0.25, 0.3) is 0 Å². The molecule has 0 fully saturated rings. The number of halogens is 1. The van der Waals surface area contributed by atoms with Crippen LogP contribution in [0.2, 0.25) is 0 Å². The molecule has 0 aliphatic carbocycles. The van der Waals surface area contributed by atoms with Crippen LogP contribution in [0.5, 0.6) is 0 Å². The number of aliphatic hydroxyl groups excluding tert-OH is 1. The lowest BCUT2D eigenvalue weighted by Crippen LogP contribution is -2.36. The van der Waals surface area contributed by atoms with E-state index in [4.69, 9.17) is 5.11 Å². The monoisotopic (exact) mass is 432 g/mol. The minimum absolute atomic E-state index is 0.0138. The molecule has 1 atom stereocenters. The highest BCUT2D eigenvalue weighted by atomic mass is 79.9. The van der Waals surface area contributed by atoms with Crippen LogP contribution in [0.4, 0.5) is 5.69 Å². The number of nitrogens with one attached hydrogen (secondary N) is 1. The second-order valence-electron chi connectivity index (χ2n) is 6.18. The molecule has 1 aromatic heterocycles. The molecule has 1 aliphatic heterocycles. The van der Waals surface area contributed by atoms with Crippen LogP contribution < -0.4 is 5.32 Å². The van der Waals surface area contributed by atoms with Crippen molar-refractivity contribution in [3.8, 4) is 0 Å². The molecule has 27 heavy (non-hydrogen) atoms. The molecule has 2 heterocycles. The fourth-order valence-electron chi connectivity index (χ4n) is 3.15. The molecule has 0 bridgehead atoms. The quantitative estimate of drug-likeness (QED) is 0.648. The largest absolute Gasteiger partial charge is 0.481 e. The van der Waals surface area contributed by atoms with Gasteiger partial charge in [-0.15, -0.1) is 0 Å². The van der Waals surface area contributed by atoms with E-state index in [2.05, 4.69) is 36.1 Å². The summed E-state index contributed by atoms with van der Waals surface area (Å²) in [6.07, 6.45) is 1.75. The van der Waals surface area contributed by atoms with Crippen LogP contribution in [0.3, 0.4) is 0 Å². The van der Waals surface area contributed by atoms with Crippen LogP contribution >= 0.6 is 15.9 Å². The molecule has 142 valence electrons. The first-order valence-corrected chi connectivity index (χ1v) is 9.45. The van der Waals surface area contributed by atoms with Gasteiger partial charge >= 0.3 is 5.97 Å². The van der Waals surface area contributed by atoms with E-state index in [0.717, 1.165) is 21.4 Å². The first-order valence-electron chi connectivity index (χ1n) is 8.66. The third-order valence-corrected chi connectivity index (χ3v) is 4.78. The third kappa shape index (κ3) is 4.91. The van der Waals surface area contributed by atoms with Crippen LogP contribution in [0.15, 0.2) is 52.1 Å². The first kappa shape index (κ1) is 19.5. The predicted molar refractivity (Wildman–Crippen MR) is 107 cm³/mol. The molecule has 3 rings (SSSR count). The fourth-order valence-corrected chi connectivity index (χ4v) is 3.53. The molecule has 0 saturated heterocycles. The average Bonchev–Trinajstić information content (AvgIpc) is 2.81. The van der Waals surface area contributed by atoms with E-state index in [-0.39, 0.29) is 25.6 Å². The van der Waals surface area contributed by atoms with Crippen molar-refractivity contribution < 1.29 is 15.0 Å². The van der Waals surface area contributed by atoms with E-state index in [1.807, 2.05) is 36.4 Å². The fraction of sp³-hybridized carbons (Fsp3) is 0.316. The third-order valence-electron chi connectivity index (χ3n) is 4.29. The molecule has 0 amide bonds. The van der Waals surface area contributed by atoms with Crippen molar-refractivity contribution in [2.75, 3.05) is 31.6 Å². The molecule has 2 aromatic rings. The number of hydrogen-bond acceptors (Lipinski definition) is 5. The molecule has 1 aromatic carbocycles. The standard InChI is InChI=1S/C19H21BrN4O3/c20-13-4-5-15-14(11-13)19(16-3-1-2-7-21-16)24(9-6-18(26)27)12-17(23-15)22-8-10-25/h1-5,7,11,19,25H,6,8-10,12H2,(H,22,23)(H,26,27). The van der Waals surface area contributed by atoms with Crippen LogP contribution in [-0.4, -0.2) is 58.1 Å². The summed E-state index contributed by atoms with van der Waals surface area (Å²) in [6, 6.07) is 11.4. The van der Waals surface area contributed by atoms with Gasteiger partial charge in [0.2, 0.25) is 0 Å². The SMILES string of the molecule is O=C(O)CCN1CC(=NCCO)Nc2ccc(Br)cc2C1c1ccccn1. The summed E-state index contributed by atoms with van der Waals surface area (Å²) in [7, 11) is 0.